The Kier molecular flexibility index (Phi) is 9.82. The molecule has 10 heteroatoms. The average Bonchev–Trinajstić information content (AvgIpc) is 3.35. The molecule has 2 aromatic carbocycles. The van der Waals surface area contributed by atoms with Crippen molar-refractivity contribution in [2.24, 2.45) is 0 Å². The van der Waals surface area contributed by atoms with Crippen LogP contribution in [0, 0.1) is 0 Å². The van der Waals surface area contributed by atoms with Crippen LogP contribution in [0.1, 0.15) is 49.4 Å². The number of sulfonamides is 1. The number of amides is 1. The molecule has 8 nitrogen and oxygen atoms in total. The smallest absolute Gasteiger partial charge is 0.261 e. The van der Waals surface area contributed by atoms with Crippen molar-refractivity contribution in [3.8, 4) is 5.75 Å². The summed E-state index contributed by atoms with van der Waals surface area (Å²) in [4.78, 5) is 12.8. The van der Waals surface area contributed by atoms with Gasteiger partial charge in [-0.15, -0.1) is 0 Å². The first-order chi connectivity index (χ1) is 16.4. The Morgan fingerprint density at radius 1 is 1.15 bits per heavy atom. The monoisotopic (exact) mass is 505 g/mol. The van der Waals surface area contributed by atoms with Crippen LogP contribution in [-0.4, -0.2) is 45.3 Å². The average molecular weight is 506 g/mol. The molecule has 0 aromatic heterocycles. The molecule has 1 aliphatic rings. The number of nitrogens with one attached hydrogen (secondary N) is 3. The third-order valence-electron chi connectivity index (χ3n) is 5.31. The van der Waals surface area contributed by atoms with E-state index in [1.54, 1.807) is 30.3 Å². The van der Waals surface area contributed by atoms with E-state index >= 15 is 0 Å². The molecular formula is C24H31N3O5S2. The maximum Gasteiger partial charge on any atom is 0.261 e. The molecule has 1 fully saturated rings. The number of anilines is 1. The quantitative estimate of drug-likeness (QED) is 0.315. The Balaban J connectivity index is 1.53. The van der Waals surface area contributed by atoms with E-state index in [0.717, 1.165) is 32.1 Å². The van der Waals surface area contributed by atoms with Crippen molar-refractivity contribution in [1.82, 2.24) is 10.0 Å². The van der Waals surface area contributed by atoms with E-state index in [9.17, 15) is 13.2 Å². The highest BCUT2D eigenvalue weighted by atomic mass is 32.2. The van der Waals surface area contributed by atoms with Gasteiger partial charge in [-0.2, -0.15) is 0 Å². The lowest BCUT2D eigenvalue weighted by atomic mass is 10.2. The molecule has 0 bridgehead atoms. The summed E-state index contributed by atoms with van der Waals surface area (Å²) in [5.74, 6) is 0.116. The van der Waals surface area contributed by atoms with Gasteiger partial charge in [-0.1, -0.05) is 31.9 Å². The van der Waals surface area contributed by atoms with Crippen molar-refractivity contribution in [1.29, 1.82) is 0 Å². The predicted molar refractivity (Wildman–Crippen MR) is 136 cm³/mol. The van der Waals surface area contributed by atoms with Crippen LogP contribution in [0.25, 0.3) is 0 Å². The lowest BCUT2D eigenvalue weighted by molar-refractivity contribution is 0.0973. The minimum absolute atomic E-state index is 0.0800. The summed E-state index contributed by atoms with van der Waals surface area (Å²) in [5.41, 5.74) is 0.939. The van der Waals surface area contributed by atoms with Gasteiger partial charge >= 0.3 is 0 Å². The van der Waals surface area contributed by atoms with E-state index in [1.807, 2.05) is 6.07 Å². The van der Waals surface area contributed by atoms with Crippen molar-refractivity contribution in [3.63, 3.8) is 0 Å². The van der Waals surface area contributed by atoms with Crippen LogP contribution in [0.5, 0.6) is 5.75 Å². The highest BCUT2D eigenvalue weighted by Crippen LogP contribution is 2.19. The Labute approximate surface area is 206 Å². The van der Waals surface area contributed by atoms with Crippen molar-refractivity contribution in [2.75, 3.05) is 25.1 Å². The topological polar surface area (TPSA) is 106 Å². The van der Waals surface area contributed by atoms with E-state index in [2.05, 4.69) is 22.3 Å². The molecular weight excluding hydrogens is 474 g/mol. The number of benzene rings is 2. The van der Waals surface area contributed by atoms with Gasteiger partial charge < -0.3 is 14.8 Å². The minimum Gasteiger partial charge on any atom is -0.493 e. The van der Waals surface area contributed by atoms with Crippen LogP contribution in [0.2, 0.25) is 0 Å². The van der Waals surface area contributed by atoms with Crippen LogP contribution >= 0.6 is 12.2 Å². The van der Waals surface area contributed by atoms with Gasteiger partial charge in [0.25, 0.3) is 5.91 Å². The summed E-state index contributed by atoms with van der Waals surface area (Å²) in [6.45, 7) is 3.58. The standard InChI is InChI=1S/C24H31N3O5S2/c1-2-3-6-15-32-22-10-5-4-9-21(22)23(28)27-24(33)26-18-11-13-20(14-12-18)34(29,30)25-17-19-8-7-16-31-19/h4-5,9-14,19,25H,2-3,6-8,15-17H2,1H3,(H2,26,27,28,33). The minimum atomic E-state index is -3.64. The number of hydrogen-bond acceptors (Lipinski definition) is 6. The normalized spacial score (nSPS) is 15.6. The molecule has 3 rings (SSSR count). The molecule has 0 radical (unpaired) electrons. The predicted octanol–water partition coefficient (Wildman–Crippen LogP) is 3.84. The van der Waals surface area contributed by atoms with Crippen LogP contribution in [0.4, 0.5) is 5.69 Å². The first-order valence-electron chi connectivity index (χ1n) is 11.4. The van der Waals surface area contributed by atoms with E-state index in [-0.39, 0.29) is 28.6 Å². The van der Waals surface area contributed by atoms with Crippen molar-refractivity contribution < 1.29 is 22.7 Å². The van der Waals surface area contributed by atoms with Gasteiger partial charge in [-0.05, 0) is 67.9 Å². The van der Waals surface area contributed by atoms with Crippen LogP contribution in [0.3, 0.4) is 0 Å². The van der Waals surface area contributed by atoms with Crippen molar-refractivity contribution >= 4 is 38.9 Å². The van der Waals surface area contributed by atoms with Gasteiger partial charge in [0, 0.05) is 18.8 Å². The number of rotatable bonds is 11. The zero-order chi connectivity index (χ0) is 24.4. The summed E-state index contributed by atoms with van der Waals surface area (Å²) >= 11 is 5.26. The fourth-order valence-corrected chi connectivity index (χ4v) is 4.73. The second-order valence-corrected chi connectivity index (χ2v) is 10.1. The van der Waals surface area contributed by atoms with Gasteiger partial charge in [0.2, 0.25) is 10.0 Å². The molecule has 34 heavy (non-hydrogen) atoms. The Morgan fingerprint density at radius 2 is 1.91 bits per heavy atom. The zero-order valence-electron chi connectivity index (χ0n) is 19.2. The molecule has 1 unspecified atom stereocenters. The SMILES string of the molecule is CCCCCOc1ccccc1C(=O)NC(=S)Nc1ccc(S(=O)(=O)NCC2CCCO2)cc1. The molecule has 1 heterocycles. The van der Waals surface area contributed by atoms with Gasteiger partial charge in [0.1, 0.15) is 5.75 Å². The molecule has 3 N–H and O–H groups in total. The Hall–Kier alpha value is -2.53. The van der Waals surface area contributed by atoms with E-state index < -0.39 is 10.0 Å². The third-order valence-corrected chi connectivity index (χ3v) is 6.96. The summed E-state index contributed by atoms with van der Waals surface area (Å²) in [6, 6.07) is 13.1. The molecule has 0 spiro atoms. The Bertz CT molecular complexity index is 1070. The van der Waals surface area contributed by atoms with Crippen molar-refractivity contribution in [2.45, 2.75) is 50.0 Å². The second kappa shape index (κ2) is 12.8. The van der Waals surface area contributed by atoms with E-state index in [0.29, 0.717) is 30.2 Å². The second-order valence-electron chi connectivity index (χ2n) is 7.97. The zero-order valence-corrected chi connectivity index (χ0v) is 20.8. The number of ether oxygens (including phenoxy) is 2. The number of thiocarbonyl (C=S) groups is 1. The first kappa shape index (κ1) is 26.1. The molecule has 1 aliphatic heterocycles. The highest BCUT2D eigenvalue weighted by molar-refractivity contribution is 7.89. The number of carbonyl (C=O) groups is 1. The maximum atomic E-state index is 12.7. The fraction of sp³-hybridized carbons (Fsp3) is 0.417. The number of unbranched alkanes of at least 4 members (excludes halogenated alkanes) is 2. The summed E-state index contributed by atoms with van der Waals surface area (Å²) in [5, 5.41) is 5.64. The maximum absolute atomic E-state index is 12.7. The molecule has 1 amide bonds. The number of para-hydroxylation sites is 1. The number of hydrogen-bond donors (Lipinski definition) is 3. The largest absolute Gasteiger partial charge is 0.493 e. The van der Waals surface area contributed by atoms with E-state index in [1.165, 1.54) is 12.1 Å². The first-order valence-corrected chi connectivity index (χ1v) is 13.3. The van der Waals surface area contributed by atoms with Gasteiger partial charge in [0.05, 0.1) is 23.2 Å². The van der Waals surface area contributed by atoms with Gasteiger partial charge in [0.15, 0.2) is 5.11 Å². The molecule has 184 valence electrons. The number of carbonyl (C=O) groups excluding carboxylic acids is 1. The molecule has 0 aliphatic carbocycles. The summed E-state index contributed by atoms with van der Waals surface area (Å²) in [6.07, 6.45) is 4.79. The van der Waals surface area contributed by atoms with Crippen LogP contribution in [0.15, 0.2) is 53.4 Å². The summed E-state index contributed by atoms with van der Waals surface area (Å²) < 4.78 is 38.8. The highest BCUT2D eigenvalue weighted by Gasteiger charge is 2.20. The van der Waals surface area contributed by atoms with Gasteiger partial charge in [-0.25, -0.2) is 13.1 Å². The van der Waals surface area contributed by atoms with Crippen molar-refractivity contribution in [3.05, 3.63) is 54.1 Å². The van der Waals surface area contributed by atoms with Crippen LogP contribution < -0.4 is 20.1 Å². The van der Waals surface area contributed by atoms with Crippen LogP contribution in [-0.2, 0) is 14.8 Å². The molecule has 2 aromatic rings. The lowest BCUT2D eigenvalue weighted by Crippen LogP contribution is -2.34. The van der Waals surface area contributed by atoms with Gasteiger partial charge in [-0.3, -0.25) is 10.1 Å². The molecule has 1 atom stereocenters. The Morgan fingerprint density at radius 3 is 2.62 bits per heavy atom. The molecule has 1 saturated heterocycles. The fourth-order valence-electron chi connectivity index (χ4n) is 3.46. The summed E-state index contributed by atoms with van der Waals surface area (Å²) in [7, 11) is -3.64. The third kappa shape index (κ3) is 7.76. The van der Waals surface area contributed by atoms with E-state index in [4.69, 9.17) is 21.7 Å². The molecule has 0 saturated carbocycles. The lowest BCUT2D eigenvalue weighted by Gasteiger charge is -2.14.